The molecule has 2 heterocycles. The van der Waals surface area contributed by atoms with E-state index in [0.29, 0.717) is 57.2 Å². The zero-order valence-corrected chi connectivity index (χ0v) is 19.1. The Morgan fingerprint density at radius 1 is 1.06 bits per heavy atom. The van der Waals surface area contributed by atoms with Gasteiger partial charge in [0, 0.05) is 32.6 Å². The Hall–Kier alpha value is -2.78. The first-order valence-corrected chi connectivity index (χ1v) is 12.1. The summed E-state index contributed by atoms with van der Waals surface area (Å²) < 4.78 is 43.6. The van der Waals surface area contributed by atoms with Crippen LogP contribution >= 0.6 is 0 Å². The van der Waals surface area contributed by atoms with Crippen LogP contribution in [0.5, 0.6) is 17.2 Å². The lowest BCUT2D eigenvalue weighted by molar-refractivity contribution is -0.135. The first-order valence-electron chi connectivity index (χ1n) is 10.7. The van der Waals surface area contributed by atoms with Crippen LogP contribution in [0.25, 0.3) is 0 Å². The number of nitrogens with zero attached hydrogens (tertiary/aromatic N) is 2. The van der Waals surface area contributed by atoms with Gasteiger partial charge in [-0.05, 0) is 54.8 Å². The van der Waals surface area contributed by atoms with Crippen molar-refractivity contribution >= 4 is 15.9 Å². The number of sulfonamides is 1. The minimum atomic E-state index is -3.59. The average molecular weight is 461 g/mol. The Morgan fingerprint density at radius 3 is 2.38 bits per heavy atom. The van der Waals surface area contributed by atoms with Gasteiger partial charge < -0.3 is 19.1 Å². The van der Waals surface area contributed by atoms with E-state index in [1.165, 1.54) is 11.4 Å². The Bertz CT molecular complexity index is 1060. The number of fused-ring (bicyclic) bond motifs is 1. The van der Waals surface area contributed by atoms with Crippen molar-refractivity contribution in [1.29, 1.82) is 0 Å². The van der Waals surface area contributed by atoms with E-state index < -0.39 is 10.0 Å². The highest BCUT2D eigenvalue weighted by molar-refractivity contribution is 7.89. The molecule has 0 spiro atoms. The van der Waals surface area contributed by atoms with Crippen molar-refractivity contribution in [2.45, 2.75) is 24.3 Å². The van der Waals surface area contributed by atoms with E-state index in [4.69, 9.17) is 14.2 Å². The summed E-state index contributed by atoms with van der Waals surface area (Å²) >= 11 is 0. The zero-order valence-electron chi connectivity index (χ0n) is 18.3. The van der Waals surface area contributed by atoms with Crippen LogP contribution in [0, 0.1) is 5.92 Å². The standard InChI is InChI=1S/C23H28N2O6S/c1-24(16-17-3-8-21-22(15-17)31-14-13-30-21)23(26)18-9-11-25(12-10-18)32(27,28)20-6-4-19(29-2)5-7-20/h3-8,15,18H,9-14,16H2,1-2H3. The van der Waals surface area contributed by atoms with E-state index >= 15 is 0 Å². The second-order valence-electron chi connectivity index (χ2n) is 8.03. The van der Waals surface area contributed by atoms with Gasteiger partial charge in [-0.25, -0.2) is 8.42 Å². The fourth-order valence-electron chi connectivity index (χ4n) is 4.09. The number of hydrogen-bond donors (Lipinski definition) is 0. The molecule has 2 aromatic rings. The number of piperidine rings is 1. The van der Waals surface area contributed by atoms with Crippen molar-refractivity contribution in [1.82, 2.24) is 9.21 Å². The van der Waals surface area contributed by atoms with Crippen LogP contribution in [-0.4, -0.2) is 64.0 Å². The van der Waals surface area contributed by atoms with Crippen LogP contribution < -0.4 is 14.2 Å². The molecule has 0 unspecified atom stereocenters. The number of benzene rings is 2. The van der Waals surface area contributed by atoms with Crippen LogP contribution in [0.2, 0.25) is 0 Å². The van der Waals surface area contributed by atoms with Crippen molar-refractivity contribution in [3.8, 4) is 17.2 Å². The Morgan fingerprint density at radius 2 is 1.72 bits per heavy atom. The highest BCUT2D eigenvalue weighted by atomic mass is 32.2. The van der Waals surface area contributed by atoms with E-state index in [1.54, 1.807) is 36.2 Å². The van der Waals surface area contributed by atoms with Gasteiger partial charge in [0.15, 0.2) is 11.5 Å². The predicted molar refractivity (Wildman–Crippen MR) is 118 cm³/mol. The monoisotopic (exact) mass is 460 g/mol. The summed E-state index contributed by atoms with van der Waals surface area (Å²) in [5.41, 5.74) is 0.963. The summed E-state index contributed by atoms with van der Waals surface area (Å²) in [6.45, 7) is 2.16. The fourth-order valence-corrected chi connectivity index (χ4v) is 5.56. The Kier molecular flexibility index (Phi) is 6.57. The number of ether oxygens (including phenoxy) is 3. The van der Waals surface area contributed by atoms with Crippen LogP contribution in [0.3, 0.4) is 0 Å². The number of rotatable bonds is 6. The molecule has 0 aliphatic carbocycles. The first kappa shape index (κ1) is 22.4. The van der Waals surface area contributed by atoms with Gasteiger partial charge in [0.2, 0.25) is 15.9 Å². The summed E-state index contributed by atoms with van der Waals surface area (Å²) in [5, 5.41) is 0. The third kappa shape index (κ3) is 4.68. The molecule has 0 saturated carbocycles. The summed E-state index contributed by atoms with van der Waals surface area (Å²) in [5.74, 6) is 1.86. The van der Waals surface area contributed by atoms with Gasteiger partial charge in [0.25, 0.3) is 0 Å². The molecule has 2 aliphatic heterocycles. The molecule has 2 aromatic carbocycles. The normalized spacial score (nSPS) is 17.1. The molecular formula is C23H28N2O6S. The van der Waals surface area contributed by atoms with Crippen molar-refractivity contribution in [2.24, 2.45) is 5.92 Å². The van der Waals surface area contributed by atoms with Crippen molar-refractivity contribution < 1.29 is 27.4 Å². The van der Waals surface area contributed by atoms with Gasteiger partial charge in [0.1, 0.15) is 19.0 Å². The lowest BCUT2D eigenvalue weighted by Crippen LogP contribution is -2.43. The molecule has 1 amide bonds. The molecule has 0 N–H and O–H groups in total. The molecule has 1 saturated heterocycles. The van der Waals surface area contributed by atoms with E-state index in [0.717, 1.165) is 11.3 Å². The number of carbonyl (C=O) groups excluding carboxylic acids is 1. The van der Waals surface area contributed by atoms with E-state index in [-0.39, 0.29) is 16.7 Å². The molecule has 0 bridgehead atoms. The van der Waals surface area contributed by atoms with Gasteiger partial charge in [-0.3, -0.25) is 4.79 Å². The van der Waals surface area contributed by atoms with Crippen LogP contribution in [-0.2, 0) is 21.4 Å². The lowest BCUT2D eigenvalue weighted by Gasteiger charge is -2.32. The lowest BCUT2D eigenvalue weighted by atomic mass is 9.96. The molecule has 1 fully saturated rings. The largest absolute Gasteiger partial charge is 0.497 e. The fraction of sp³-hybridized carbons (Fsp3) is 0.435. The molecular weight excluding hydrogens is 432 g/mol. The second kappa shape index (κ2) is 9.38. The van der Waals surface area contributed by atoms with Gasteiger partial charge in [-0.15, -0.1) is 0 Å². The first-order chi connectivity index (χ1) is 15.4. The van der Waals surface area contributed by atoms with Crippen molar-refractivity contribution in [2.75, 3.05) is 40.5 Å². The highest BCUT2D eigenvalue weighted by Crippen LogP contribution is 2.31. The van der Waals surface area contributed by atoms with Crippen LogP contribution in [0.4, 0.5) is 0 Å². The molecule has 172 valence electrons. The topological polar surface area (TPSA) is 85.4 Å². The molecule has 32 heavy (non-hydrogen) atoms. The molecule has 9 heteroatoms. The summed E-state index contributed by atoms with van der Waals surface area (Å²) in [7, 11) is -0.271. The van der Waals surface area contributed by atoms with E-state index in [1.807, 2.05) is 18.2 Å². The van der Waals surface area contributed by atoms with Crippen LogP contribution in [0.15, 0.2) is 47.4 Å². The van der Waals surface area contributed by atoms with E-state index in [2.05, 4.69) is 0 Å². The number of amides is 1. The highest BCUT2D eigenvalue weighted by Gasteiger charge is 2.33. The third-order valence-corrected chi connectivity index (χ3v) is 7.82. The molecule has 4 rings (SSSR count). The molecule has 0 aromatic heterocycles. The smallest absolute Gasteiger partial charge is 0.243 e. The van der Waals surface area contributed by atoms with Gasteiger partial charge in [0.05, 0.1) is 12.0 Å². The molecule has 2 aliphatic rings. The van der Waals surface area contributed by atoms with E-state index in [9.17, 15) is 13.2 Å². The number of hydrogen-bond acceptors (Lipinski definition) is 6. The maximum atomic E-state index is 13.0. The van der Waals surface area contributed by atoms with Gasteiger partial charge in [-0.2, -0.15) is 4.31 Å². The maximum absolute atomic E-state index is 13.0. The second-order valence-corrected chi connectivity index (χ2v) is 9.96. The van der Waals surface area contributed by atoms with Gasteiger partial charge in [-0.1, -0.05) is 6.07 Å². The molecule has 8 nitrogen and oxygen atoms in total. The van der Waals surface area contributed by atoms with Crippen molar-refractivity contribution in [3.05, 3.63) is 48.0 Å². The summed E-state index contributed by atoms with van der Waals surface area (Å²) in [6, 6.07) is 12.1. The Labute approximate surface area is 188 Å². The number of methoxy groups -OCH3 is 1. The SMILES string of the molecule is COc1ccc(S(=O)(=O)N2CCC(C(=O)N(C)Cc3ccc4c(c3)OCCO4)CC2)cc1. The molecule has 0 atom stereocenters. The third-order valence-electron chi connectivity index (χ3n) is 5.90. The summed E-state index contributed by atoms with van der Waals surface area (Å²) in [4.78, 5) is 14.9. The van der Waals surface area contributed by atoms with Gasteiger partial charge >= 0.3 is 0 Å². The zero-order chi connectivity index (χ0) is 22.7. The minimum Gasteiger partial charge on any atom is -0.497 e. The maximum Gasteiger partial charge on any atom is 0.243 e. The quantitative estimate of drug-likeness (QED) is 0.659. The minimum absolute atomic E-state index is 0.0291. The predicted octanol–water partition coefficient (Wildman–Crippen LogP) is 2.53. The average Bonchev–Trinajstić information content (AvgIpc) is 2.83. The molecule has 0 radical (unpaired) electrons. The number of carbonyl (C=O) groups is 1. The van der Waals surface area contributed by atoms with Crippen molar-refractivity contribution in [3.63, 3.8) is 0 Å². The Balaban J connectivity index is 1.34. The van der Waals surface area contributed by atoms with Crippen LogP contribution in [0.1, 0.15) is 18.4 Å². The summed E-state index contributed by atoms with van der Waals surface area (Å²) in [6.07, 6.45) is 0.999.